The Labute approximate surface area is 109 Å². The third-order valence-corrected chi connectivity index (χ3v) is 3.03. The molecule has 2 aromatic carbocycles. The average Bonchev–Trinajstić information content (AvgIpc) is 2.37. The Morgan fingerprint density at radius 2 is 1.79 bits per heavy atom. The van der Waals surface area contributed by atoms with Crippen LogP contribution in [0.4, 0.5) is 18.9 Å². The van der Waals surface area contributed by atoms with Gasteiger partial charge in [-0.15, -0.1) is 0 Å². The van der Waals surface area contributed by atoms with Gasteiger partial charge in [0.2, 0.25) is 0 Å². The molecule has 0 aromatic heterocycles. The number of benzene rings is 2. The average molecular weight is 265 g/mol. The number of halogens is 3. The number of alkyl halides is 3. The molecule has 0 aliphatic heterocycles. The van der Waals surface area contributed by atoms with Gasteiger partial charge in [0.1, 0.15) is 0 Å². The maximum Gasteiger partial charge on any atom is 0.416 e. The van der Waals surface area contributed by atoms with E-state index in [1.807, 2.05) is 31.2 Å². The minimum atomic E-state index is -4.36. The van der Waals surface area contributed by atoms with Gasteiger partial charge in [-0.05, 0) is 29.7 Å². The largest absolute Gasteiger partial charge is 0.416 e. The number of nitrogen functional groups attached to an aromatic ring is 1. The topological polar surface area (TPSA) is 26.0 Å². The lowest BCUT2D eigenvalue weighted by molar-refractivity contribution is -0.137. The van der Waals surface area contributed by atoms with E-state index in [0.29, 0.717) is 5.56 Å². The lowest BCUT2D eigenvalue weighted by Crippen LogP contribution is -2.06. The van der Waals surface area contributed by atoms with E-state index >= 15 is 0 Å². The molecule has 0 amide bonds. The molecule has 1 nitrogen and oxygen atoms in total. The standard InChI is InChI=1S/C15H14F3N/c1-2-10-4-3-5-11(8-10)13-7-6-12(9-14(13)19)15(16,17)18/h3-9H,2,19H2,1H3. The van der Waals surface area contributed by atoms with Gasteiger partial charge in [0.25, 0.3) is 0 Å². The van der Waals surface area contributed by atoms with Crippen molar-refractivity contribution in [1.29, 1.82) is 0 Å². The summed E-state index contributed by atoms with van der Waals surface area (Å²) in [6, 6.07) is 11.1. The van der Waals surface area contributed by atoms with Gasteiger partial charge >= 0.3 is 6.18 Å². The Bertz CT molecular complexity index is 588. The molecule has 0 spiro atoms. The van der Waals surface area contributed by atoms with Gasteiger partial charge in [-0.2, -0.15) is 13.2 Å². The fraction of sp³-hybridized carbons (Fsp3) is 0.200. The number of aryl methyl sites for hydroxylation is 1. The van der Waals surface area contributed by atoms with Crippen molar-refractivity contribution in [3.63, 3.8) is 0 Å². The van der Waals surface area contributed by atoms with Crippen LogP contribution < -0.4 is 5.73 Å². The van der Waals surface area contributed by atoms with Crippen LogP contribution in [-0.2, 0) is 12.6 Å². The van der Waals surface area contributed by atoms with Crippen LogP contribution in [0.2, 0.25) is 0 Å². The van der Waals surface area contributed by atoms with Crippen LogP contribution in [0.25, 0.3) is 11.1 Å². The minimum absolute atomic E-state index is 0.142. The summed E-state index contributed by atoms with van der Waals surface area (Å²) in [5, 5.41) is 0. The van der Waals surface area contributed by atoms with Crippen molar-refractivity contribution < 1.29 is 13.2 Å². The van der Waals surface area contributed by atoms with E-state index in [2.05, 4.69) is 0 Å². The first-order chi connectivity index (χ1) is 8.91. The summed E-state index contributed by atoms with van der Waals surface area (Å²) < 4.78 is 37.7. The highest BCUT2D eigenvalue weighted by molar-refractivity contribution is 5.77. The van der Waals surface area contributed by atoms with E-state index in [0.717, 1.165) is 29.7 Å². The van der Waals surface area contributed by atoms with Crippen LogP contribution in [0, 0.1) is 0 Å². The Morgan fingerprint density at radius 1 is 1.05 bits per heavy atom. The molecule has 0 aliphatic rings. The van der Waals surface area contributed by atoms with Crippen LogP contribution in [0.3, 0.4) is 0 Å². The summed E-state index contributed by atoms with van der Waals surface area (Å²) >= 11 is 0. The van der Waals surface area contributed by atoms with Crippen molar-refractivity contribution in [3.05, 3.63) is 53.6 Å². The predicted molar refractivity (Wildman–Crippen MR) is 70.7 cm³/mol. The van der Waals surface area contributed by atoms with Crippen LogP contribution in [0.1, 0.15) is 18.1 Å². The number of anilines is 1. The van der Waals surface area contributed by atoms with Gasteiger partial charge in [-0.1, -0.05) is 37.3 Å². The van der Waals surface area contributed by atoms with E-state index in [1.54, 1.807) is 0 Å². The van der Waals surface area contributed by atoms with Crippen molar-refractivity contribution in [1.82, 2.24) is 0 Å². The van der Waals surface area contributed by atoms with Gasteiger partial charge in [0.15, 0.2) is 0 Å². The molecule has 0 radical (unpaired) electrons. The van der Waals surface area contributed by atoms with Crippen molar-refractivity contribution in [2.45, 2.75) is 19.5 Å². The molecule has 2 rings (SSSR count). The molecule has 0 bridgehead atoms. The van der Waals surface area contributed by atoms with Crippen LogP contribution >= 0.6 is 0 Å². The summed E-state index contributed by atoms with van der Waals surface area (Å²) in [5.74, 6) is 0. The van der Waals surface area contributed by atoms with Crippen LogP contribution in [0.15, 0.2) is 42.5 Å². The fourth-order valence-electron chi connectivity index (χ4n) is 1.96. The Balaban J connectivity index is 2.46. The molecular formula is C15H14F3N. The second-order valence-corrected chi connectivity index (χ2v) is 4.35. The van der Waals surface area contributed by atoms with Crippen molar-refractivity contribution in [2.24, 2.45) is 0 Å². The zero-order valence-corrected chi connectivity index (χ0v) is 10.5. The minimum Gasteiger partial charge on any atom is -0.398 e. The molecule has 0 aliphatic carbocycles. The quantitative estimate of drug-likeness (QED) is 0.794. The van der Waals surface area contributed by atoms with Gasteiger partial charge in [0.05, 0.1) is 5.56 Å². The molecule has 0 unspecified atom stereocenters. The van der Waals surface area contributed by atoms with Gasteiger partial charge in [-0.25, -0.2) is 0 Å². The fourth-order valence-corrected chi connectivity index (χ4v) is 1.96. The molecule has 0 saturated carbocycles. The molecule has 2 aromatic rings. The van der Waals surface area contributed by atoms with Crippen molar-refractivity contribution in [3.8, 4) is 11.1 Å². The summed E-state index contributed by atoms with van der Waals surface area (Å²) in [6.45, 7) is 2.02. The van der Waals surface area contributed by atoms with Gasteiger partial charge < -0.3 is 5.73 Å². The lowest BCUT2D eigenvalue weighted by atomic mass is 9.99. The molecule has 0 heterocycles. The second kappa shape index (κ2) is 4.96. The highest BCUT2D eigenvalue weighted by Gasteiger charge is 2.30. The maximum absolute atomic E-state index is 12.6. The number of hydrogen-bond donors (Lipinski definition) is 1. The monoisotopic (exact) mass is 265 g/mol. The molecule has 0 atom stereocenters. The number of hydrogen-bond acceptors (Lipinski definition) is 1. The highest BCUT2D eigenvalue weighted by Crippen LogP contribution is 2.34. The summed E-state index contributed by atoms with van der Waals surface area (Å²) in [5.41, 5.74) is 7.75. The maximum atomic E-state index is 12.6. The van der Waals surface area contributed by atoms with Crippen molar-refractivity contribution >= 4 is 5.69 Å². The van der Waals surface area contributed by atoms with Crippen LogP contribution in [0.5, 0.6) is 0 Å². The Hall–Kier alpha value is -1.97. The van der Waals surface area contributed by atoms with E-state index in [4.69, 9.17) is 5.73 Å². The predicted octanol–water partition coefficient (Wildman–Crippen LogP) is 4.52. The highest BCUT2D eigenvalue weighted by atomic mass is 19.4. The SMILES string of the molecule is CCc1cccc(-c2ccc(C(F)(F)F)cc2N)c1. The van der Waals surface area contributed by atoms with E-state index < -0.39 is 11.7 Å². The molecular weight excluding hydrogens is 251 g/mol. The number of nitrogens with two attached hydrogens (primary N) is 1. The first-order valence-electron chi connectivity index (χ1n) is 5.98. The first-order valence-corrected chi connectivity index (χ1v) is 5.98. The molecule has 0 fully saturated rings. The molecule has 0 saturated heterocycles. The Morgan fingerprint density at radius 3 is 2.37 bits per heavy atom. The zero-order valence-electron chi connectivity index (χ0n) is 10.5. The molecule has 19 heavy (non-hydrogen) atoms. The zero-order chi connectivity index (χ0) is 14.0. The third-order valence-electron chi connectivity index (χ3n) is 3.03. The van der Waals surface area contributed by atoms with Gasteiger partial charge in [-0.3, -0.25) is 0 Å². The normalized spacial score (nSPS) is 11.6. The molecule has 2 N–H and O–H groups in total. The van der Waals surface area contributed by atoms with Gasteiger partial charge in [0, 0.05) is 11.3 Å². The summed E-state index contributed by atoms with van der Waals surface area (Å²) in [6.07, 6.45) is -3.49. The third kappa shape index (κ3) is 2.89. The van der Waals surface area contributed by atoms with E-state index in [-0.39, 0.29) is 5.69 Å². The first kappa shape index (κ1) is 13.5. The lowest BCUT2D eigenvalue weighted by Gasteiger charge is -2.11. The smallest absolute Gasteiger partial charge is 0.398 e. The molecule has 4 heteroatoms. The van der Waals surface area contributed by atoms with Crippen LogP contribution in [-0.4, -0.2) is 0 Å². The number of rotatable bonds is 2. The molecule has 100 valence electrons. The van der Waals surface area contributed by atoms with E-state index in [9.17, 15) is 13.2 Å². The van der Waals surface area contributed by atoms with Crippen molar-refractivity contribution in [2.75, 3.05) is 5.73 Å². The summed E-state index contributed by atoms with van der Waals surface area (Å²) in [7, 11) is 0. The summed E-state index contributed by atoms with van der Waals surface area (Å²) in [4.78, 5) is 0. The van der Waals surface area contributed by atoms with E-state index in [1.165, 1.54) is 6.07 Å². The Kier molecular flexibility index (Phi) is 3.51. The second-order valence-electron chi connectivity index (χ2n) is 4.35.